The number of hydrogen-bond donors (Lipinski definition) is 2. The largest absolute Gasteiger partial charge is 0.468 e. The summed E-state index contributed by atoms with van der Waals surface area (Å²) in [6, 6.07) is 0. The number of thiol groups is 2. The molecule has 42 valence electrons. The predicted octanol–water partition coefficient (Wildman–Crippen LogP) is 0.345. The van der Waals surface area contributed by atoms with Crippen LogP contribution in [0.3, 0.4) is 0 Å². The highest BCUT2D eigenvalue weighted by atomic mass is 32.2. The van der Waals surface area contributed by atoms with Gasteiger partial charge in [0.1, 0.15) is 4.58 Å². The third-order valence-corrected chi connectivity index (χ3v) is 0.834. The van der Waals surface area contributed by atoms with E-state index in [1.165, 1.54) is 7.11 Å². The van der Waals surface area contributed by atoms with Crippen molar-refractivity contribution in [2.75, 3.05) is 7.11 Å². The van der Waals surface area contributed by atoms with Gasteiger partial charge in [0.05, 0.1) is 7.11 Å². The molecule has 0 aliphatic carbocycles. The fourth-order valence-electron chi connectivity index (χ4n) is 0.105. The van der Waals surface area contributed by atoms with Gasteiger partial charge in [0.2, 0.25) is 0 Å². The highest BCUT2D eigenvalue weighted by Gasteiger charge is 2.05. The van der Waals surface area contributed by atoms with Gasteiger partial charge in [-0.05, 0) is 0 Å². The monoisotopic (exact) mass is 138 g/mol. The van der Waals surface area contributed by atoms with E-state index in [4.69, 9.17) is 0 Å². The zero-order valence-corrected chi connectivity index (χ0v) is 5.58. The summed E-state index contributed by atoms with van der Waals surface area (Å²) in [4.78, 5) is 10.1. The minimum absolute atomic E-state index is 0.424. The van der Waals surface area contributed by atoms with Crippen molar-refractivity contribution in [2.24, 2.45) is 0 Å². The first-order chi connectivity index (χ1) is 3.18. The van der Waals surface area contributed by atoms with E-state index in [-0.39, 0.29) is 0 Å². The quantitative estimate of drug-likeness (QED) is 0.310. The molecule has 0 atom stereocenters. The second-order valence-corrected chi connectivity index (χ2v) is 2.34. The Balaban J connectivity index is 3.35. The summed E-state index contributed by atoms with van der Waals surface area (Å²) in [6.45, 7) is 0. The molecule has 7 heavy (non-hydrogen) atoms. The van der Waals surface area contributed by atoms with Crippen LogP contribution >= 0.6 is 25.3 Å². The maximum atomic E-state index is 10.1. The molecule has 0 saturated carbocycles. The normalized spacial score (nSPS) is 9.14. The van der Waals surface area contributed by atoms with Crippen molar-refractivity contribution in [1.29, 1.82) is 0 Å². The lowest BCUT2D eigenvalue weighted by atomic mass is 10.8. The standard InChI is InChI=1S/C3H6O2S2/c1-5-2(4)3(6)7/h3,6-7H,1H3. The molecule has 0 N–H and O–H groups in total. The Morgan fingerprint density at radius 2 is 2.14 bits per heavy atom. The summed E-state index contributed by atoms with van der Waals surface area (Å²) in [7, 11) is 1.29. The SMILES string of the molecule is COC(=O)C(S)S. The molecule has 0 heterocycles. The second-order valence-electron chi connectivity index (χ2n) is 0.897. The molecule has 2 nitrogen and oxygen atoms in total. The molecule has 0 rings (SSSR count). The summed E-state index contributed by atoms with van der Waals surface area (Å²) >= 11 is 7.33. The van der Waals surface area contributed by atoms with Gasteiger partial charge in [-0.2, -0.15) is 25.3 Å². The van der Waals surface area contributed by atoms with Crippen LogP contribution in [0.5, 0.6) is 0 Å². The van der Waals surface area contributed by atoms with Crippen LogP contribution in [0, 0.1) is 0 Å². The van der Waals surface area contributed by atoms with Gasteiger partial charge in [-0.25, -0.2) is 4.79 Å². The van der Waals surface area contributed by atoms with Gasteiger partial charge in [-0.15, -0.1) is 0 Å². The number of hydrogen-bond acceptors (Lipinski definition) is 4. The van der Waals surface area contributed by atoms with Crippen molar-refractivity contribution >= 4 is 31.2 Å². The van der Waals surface area contributed by atoms with Gasteiger partial charge < -0.3 is 4.74 Å². The highest BCUT2D eigenvalue weighted by Crippen LogP contribution is 1.99. The van der Waals surface area contributed by atoms with Crippen molar-refractivity contribution in [3.8, 4) is 0 Å². The Labute approximate surface area is 53.1 Å². The molecule has 4 heteroatoms. The van der Waals surface area contributed by atoms with Crippen molar-refractivity contribution in [1.82, 2.24) is 0 Å². The molecule has 0 spiro atoms. The molecule has 0 bridgehead atoms. The van der Waals surface area contributed by atoms with Crippen LogP contribution in [-0.4, -0.2) is 17.7 Å². The summed E-state index contributed by atoms with van der Waals surface area (Å²) in [5, 5.41) is 0. The Kier molecular flexibility index (Phi) is 3.29. The second kappa shape index (κ2) is 3.21. The molecule has 0 aromatic carbocycles. The molecule has 0 amide bonds. The molecule has 0 aliphatic rings. The maximum Gasteiger partial charge on any atom is 0.328 e. The molecule has 0 aromatic heterocycles. The van der Waals surface area contributed by atoms with E-state index in [0.717, 1.165) is 0 Å². The van der Waals surface area contributed by atoms with Crippen LogP contribution in [0.2, 0.25) is 0 Å². The number of esters is 1. The summed E-state index contributed by atoms with van der Waals surface area (Å²) in [5.41, 5.74) is 0. The zero-order chi connectivity index (χ0) is 5.86. The minimum Gasteiger partial charge on any atom is -0.468 e. The average Bonchev–Trinajstić information content (AvgIpc) is 1.65. The van der Waals surface area contributed by atoms with E-state index >= 15 is 0 Å². The Bertz CT molecular complexity index is 71.3. The first-order valence-corrected chi connectivity index (χ1v) is 2.65. The van der Waals surface area contributed by atoms with Crippen LogP contribution in [0.15, 0.2) is 0 Å². The van der Waals surface area contributed by atoms with Gasteiger partial charge in [-0.3, -0.25) is 0 Å². The average molecular weight is 138 g/mol. The Hall–Kier alpha value is 0.170. The number of methoxy groups -OCH3 is 1. The summed E-state index contributed by atoms with van der Waals surface area (Å²) in [5.74, 6) is -0.424. The summed E-state index contributed by atoms with van der Waals surface area (Å²) < 4.78 is 3.61. The van der Waals surface area contributed by atoms with Crippen LogP contribution in [0.25, 0.3) is 0 Å². The third kappa shape index (κ3) is 2.82. The number of ether oxygens (including phenoxy) is 1. The van der Waals surface area contributed by atoms with E-state index < -0.39 is 10.6 Å². The maximum absolute atomic E-state index is 10.1. The lowest BCUT2D eigenvalue weighted by Gasteiger charge is -1.96. The molecule has 0 saturated heterocycles. The van der Waals surface area contributed by atoms with Crippen molar-refractivity contribution in [3.05, 3.63) is 0 Å². The van der Waals surface area contributed by atoms with E-state index in [9.17, 15) is 4.79 Å². The Morgan fingerprint density at radius 1 is 1.71 bits per heavy atom. The van der Waals surface area contributed by atoms with E-state index in [1.807, 2.05) is 0 Å². The van der Waals surface area contributed by atoms with E-state index in [0.29, 0.717) is 0 Å². The van der Waals surface area contributed by atoms with Crippen molar-refractivity contribution in [3.63, 3.8) is 0 Å². The number of carbonyl (C=O) groups excluding carboxylic acids is 1. The van der Waals surface area contributed by atoms with Crippen LogP contribution in [0.4, 0.5) is 0 Å². The minimum atomic E-state index is -0.606. The lowest BCUT2D eigenvalue weighted by Crippen LogP contribution is -2.08. The number of rotatable bonds is 1. The van der Waals surface area contributed by atoms with E-state index in [1.54, 1.807) is 0 Å². The highest BCUT2D eigenvalue weighted by molar-refractivity contribution is 8.00. The van der Waals surface area contributed by atoms with Crippen LogP contribution in [-0.2, 0) is 9.53 Å². The van der Waals surface area contributed by atoms with E-state index in [2.05, 4.69) is 30.0 Å². The van der Waals surface area contributed by atoms with Gasteiger partial charge >= 0.3 is 5.97 Å². The van der Waals surface area contributed by atoms with Gasteiger partial charge in [0, 0.05) is 0 Å². The predicted molar refractivity (Wildman–Crippen MR) is 33.8 cm³/mol. The smallest absolute Gasteiger partial charge is 0.328 e. The summed E-state index contributed by atoms with van der Waals surface area (Å²) in [6.07, 6.45) is 0. The first kappa shape index (κ1) is 7.17. The van der Waals surface area contributed by atoms with Crippen molar-refractivity contribution in [2.45, 2.75) is 4.58 Å². The first-order valence-electron chi connectivity index (χ1n) is 1.62. The molecular formula is C3H6O2S2. The fourth-order valence-corrected chi connectivity index (χ4v) is 0.316. The molecular weight excluding hydrogens is 132 g/mol. The molecule has 0 aromatic rings. The van der Waals surface area contributed by atoms with Gasteiger partial charge in [-0.1, -0.05) is 0 Å². The van der Waals surface area contributed by atoms with Crippen LogP contribution < -0.4 is 0 Å². The molecule has 0 unspecified atom stereocenters. The molecule has 0 aliphatic heterocycles. The van der Waals surface area contributed by atoms with Gasteiger partial charge in [0.15, 0.2) is 0 Å². The molecule has 0 radical (unpaired) electrons. The van der Waals surface area contributed by atoms with Gasteiger partial charge in [0.25, 0.3) is 0 Å². The fraction of sp³-hybridized carbons (Fsp3) is 0.667. The third-order valence-electron chi connectivity index (χ3n) is 0.412. The number of carbonyl (C=O) groups is 1. The zero-order valence-electron chi connectivity index (χ0n) is 3.79. The topological polar surface area (TPSA) is 26.3 Å². The lowest BCUT2D eigenvalue weighted by molar-refractivity contribution is -0.138. The Morgan fingerprint density at radius 3 is 2.14 bits per heavy atom. The molecule has 0 fully saturated rings. The van der Waals surface area contributed by atoms with Crippen molar-refractivity contribution < 1.29 is 9.53 Å². The van der Waals surface area contributed by atoms with Crippen LogP contribution in [0.1, 0.15) is 0 Å².